The van der Waals surface area contributed by atoms with Gasteiger partial charge in [-0.3, -0.25) is 0 Å². The third-order valence-electron chi connectivity index (χ3n) is 3.52. The number of hydrogen-bond acceptors (Lipinski definition) is 5. The predicted molar refractivity (Wildman–Crippen MR) is 63.8 cm³/mol. The Morgan fingerprint density at radius 3 is 2.67 bits per heavy atom. The van der Waals surface area contributed by atoms with Crippen molar-refractivity contribution in [2.75, 3.05) is 7.11 Å². The van der Waals surface area contributed by atoms with Crippen LogP contribution >= 0.6 is 0 Å². The second-order valence-electron chi connectivity index (χ2n) is 4.67. The molecule has 0 aromatic heterocycles. The van der Waals surface area contributed by atoms with Crippen LogP contribution in [-0.4, -0.2) is 29.4 Å². The maximum absolute atomic E-state index is 11.8. The number of hydrogen-bond donors (Lipinski definition) is 2. The van der Waals surface area contributed by atoms with Gasteiger partial charge in [0.2, 0.25) is 0 Å². The van der Waals surface area contributed by atoms with Crippen LogP contribution in [0.5, 0.6) is 11.5 Å². The zero-order valence-corrected chi connectivity index (χ0v) is 10.8. The number of aromatic hydroxyl groups is 1. The van der Waals surface area contributed by atoms with Crippen molar-refractivity contribution in [3.63, 3.8) is 0 Å². The molecule has 0 fully saturated rings. The highest BCUT2D eigenvalue weighted by Gasteiger charge is 2.44. The van der Waals surface area contributed by atoms with Crippen LogP contribution in [0.1, 0.15) is 35.3 Å². The molecule has 1 aliphatic rings. The van der Waals surface area contributed by atoms with Crippen LogP contribution in [-0.2, 0) is 10.3 Å². The molecule has 0 aliphatic carbocycles. The van der Waals surface area contributed by atoms with Gasteiger partial charge in [-0.25, -0.2) is 4.79 Å². The molecule has 0 amide bonds. The van der Waals surface area contributed by atoms with Crippen LogP contribution in [0.2, 0.25) is 0 Å². The third-order valence-corrected chi connectivity index (χ3v) is 3.52. The highest BCUT2D eigenvalue weighted by Crippen LogP contribution is 2.43. The number of phenols is 1. The van der Waals surface area contributed by atoms with E-state index in [0.29, 0.717) is 16.9 Å². The first kappa shape index (κ1) is 12.7. The summed E-state index contributed by atoms with van der Waals surface area (Å²) < 4.78 is 10.2. The van der Waals surface area contributed by atoms with Gasteiger partial charge in [-0.1, -0.05) is 0 Å². The van der Waals surface area contributed by atoms with Crippen molar-refractivity contribution in [3.05, 3.63) is 22.8 Å². The molecule has 0 bridgehead atoms. The largest absolute Gasteiger partial charge is 0.507 e. The molecule has 5 heteroatoms. The summed E-state index contributed by atoms with van der Waals surface area (Å²) in [6.07, 6.45) is -0.692. The van der Waals surface area contributed by atoms with E-state index in [0.717, 1.165) is 0 Å². The van der Waals surface area contributed by atoms with Crippen LogP contribution in [0.4, 0.5) is 0 Å². The molecule has 2 rings (SSSR count). The first-order valence-corrected chi connectivity index (χ1v) is 5.65. The smallest absolute Gasteiger partial charge is 0.342 e. The fourth-order valence-electron chi connectivity index (χ4n) is 2.33. The van der Waals surface area contributed by atoms with E-state index in [2.05, 4.69) is 0 Å². The Morgan fingerprint density at radius 2 is 2.11 bits per heavy atom. The molecule has 98 valence electrons. The number of ether oxygens (including phenoxy) is 2. The lowest BCUT2D eigenvalue weighted by atomic mass is 9.81. The van der Waals surface area contributed by atoms with Crippen LogP contribution < -0.4 is 4.74 Å². The van der Waals surface area contributed by atoms with Crippen LogP contribution in [0.3, 0.4) is 0 Å². The molecule has 1 aliphatic heterocycles. The number of benzene rings is 1. The summed E-state index contributed by atoms with van der Waals surface area (Å²) in [6, 6.07) is 1.35. The minimum atomic E-state index is -1.36. The lowest BCUT2D eigenvalue weighted by Crippen LogP contribution is -2.44. The molecule has 5 nitrogen and oxygen atoms in total. The average Bonchev–Trinajstić information content (AvgIpc) is 2.28. The molecule has 0 saturated heterocycles. The lowest BCUT2D eigenvalue weighted by molar-refractivity contribution is -0.0817. The maximum atomic E-state index is 11.8. The molecule has 1 heterocycles. The number of rotatable bonds is 1. The van der Waals surface area contributed by atoms with Gasteiger partial charge in [-0.2, -0.15) is 0 Å². The van der Waals surface area contributed by atoms with Crippen molar-refractivity contribution in [2.45, 2.75) is 32.5 Å². The van der Waals surface area contributed by atoms with Gasteiger partial charge in [0.1, 0.15) is 28.8 Å². The molecule has 1 aromatic carbocycles. The Morgan fingerprint density at radius 1 is 1.50 bits per heavy atom. The highest BCUT2D eigenvalue weighted by atomic mass is 16.6. The van der Waals surface area contributed by atoms with Gasteiger partial charge in [0, 0.05) is 11.6 Å². The summed E-state index contributed by atoms with van der Waals surface area (Å²) in [4.78, 5) is 11.8. The van der Waals surface area contributed by atoms with E-state index < -0.39 is 17.7 Å². The molecule has 0 spiro atoms. The van der Waals surface area contributed by atoms with Crippen LogP contribution in [0.25, 0.3) is 0 Å². The number of methoxy groups -OCH3 is 1. The van der Waals surface area contributed by atoms with E-state index in [1.165, 1.54) is 13.2 Å². The fraction of sp³-hybridized carbons (Fsp3) is 0.462. The van der Waals surface area contributed by atoms with Crippen LogP contribution in [0, 0.1) is 6.92 Å². The quantitative estimate of drug-likeness (QED) is 0.740. The topological polar surface area (TPSA) is 76.0 Å². The Bertz CT molecular complexity index is 519. The first-order valence-electron chi connectivity index (χ1n) is 5.65. The summed E-state index contributed by atoms with van der Waals surface area (Å²) >= 11 is 0. The minimum absolute atomic E-state index is 0.0106. The predicted octanol–water partition coefficient (Wildman–Crippen LogP) is 1.48. The summed E-state index contributed by atoms with van der Waals surface area (Å²) in [5.74, 6) is -0.453. The van der Waals surface area contributed by atoms with Gasteiger partial charge in [-0.15, -0.1) is 0 Å². The monoisotopic (exact) mass is 252 g/mol. The number of phenolic OH excluding ortho intramolecular Hbond substituents is 1. The maximum Gasteiger partial charge on any atom is 0.342 e. The van der Waals surface area contributed by atoms with E-state index in [4.69, 9.17) is 9.47 Å². The number of cyclic esters (lactones) is 1. The zero-order chi connectivity index (χ0) is 13.7. The molecular weight excluding hydrogens is 236 g/mol. The molecule has 2 N–H and O–H groups in total. The summed E-state index contributed by atoms with van der Waals surface area (Å²) in [6.45, 7) is 4.89. The second-order valence-corrected chi connectivity index (χ2v) is 4.67. The number of carbonyl (C=O) groups excluding carboxylic acids is 1. The van der Waals surface area contributed by atoms with Crippen molar-refractivity contribution in [3.8, 4) is 11.5 Å². The van der Waals surface area contributed by atoms with E-state index in [1.54, 1.807) is 20.8 Å². The molecule has 0 unspecified atom stereocenters. The van der Waals surface area contributed by atoms with Crippen molar-refractivity contribution < 1.29 is 24.5 Å². The van der Waals surface area contributed by atoms with Crippen molar-refractivity contribution >= 4 is 5.97 Å². The van der Waals surface area contributed by atoms with Gasteiger partial charge in [-0.05, 0) is 26.3 Å². The molecule has 0 saturated carbocycles. The number of aliphatic hydroxyl groups is 1. The number of fused-ring (bicyclic) bond motifs is 1. The van der Waals surface area contributed by atoms with E-state index >= 15 is 0 Å². The SMILES string of the molecule is COc1cc(O)c2c(c1C)[C@](C)(O)[C@H](C)OC2=O. The van der Waals surface area contributed by atoms with E-state index in [-0.39, 0.29) is 11.3 Å². The second kappa shape index (κ2) is 3.88. The van der Waals surface area contributed by atoms with Gasteiger partial charge in [0.25, 0.3) is 0 Å². The lowest BCUT2D eigenvalue weighted by Gasteiger charge is -2.37. The van der Waals surface area contributed by atoms with Crippen molar-refractivity contribution in [2.24, 2.45) is 0 Å². The Labute approximate surface area is 105 Å². The van der Waals surface area contributed by atoms with Gasteiger partial charge < -0.3 is 19.7 Å². The van der Waals surface area contributed by atoms with E-state index in [9.17, 15) is 15.0 Å². The molecule has 1 aromatic rings. The Kier molecular flexibility index (Phi) is 2.74. The van der Waals surface area contributed by atoms with Crippen LogP contribution in [0.15, 0.2) is 6.07 Å². The summed E-state index contributed by atoms with van der Waals surface area (Å²) in [5, 5.41) is 20.4. The number of carbonyl (C=O) groups is 1. The van der Waals surface area contributed by atoms with Gasteiger partial charge >= 0.3 is 5.97 Å². The molecule has 18 heavy (non-hydrogen) atoms. The summed E-state index contributed by atoms with van der Waals surface area (Å²) in [5.41, 5.74) is -0.363. The van der Waals surface area contributed by atoms with Crippen molar-refractivity contribution in [1.82, 2.24) is 0 Å². The van der Waals surface area contributed by atoms with Gasteiger partial charge in [0.15, 0.2) is 0 Å². The highest BCUT2D eigenvalue weighted by molar-refractivity contribution is 5.96. The minimum Gasteiger partial charge on any atom is -0.507 e. The molecular formula is C13H16O5. The Balaban J connectivity index is 2.83. The third kappa shape index (κ3) is 1.54. The number of esters is 1. The fourth-order valence-corrected chi connectivity index (χ4v) is 2.33. The molecule has 0 radical (unpaired) electrons. The van der Waals surface area contributed by atoms with E-state index in [1.807, 2.05) is 0 Å². The van der Waals surface area contributed by atoms with Gasteiger partial charge in [0.05, 0.1) is 7.11 Å². The summed E-state index contributed by atoms with van der Waals surface area (Å²) in [7, 11) is 1.47. The first-order chi connectivity index (χ1) is 8.30. The standard InChI is InChI=1S/C13H16O5/c1-6-9(17-4)5-8(14)10-11(6)13(3,16)7(2)18-12(10)15/h5,7,14,16H,1-4H3/t7-,13+/m0/s1. The zero-order valence-electron chi connectivity index (χ0n) is 10.8. The van der Waals surface area contributed by atoms with Crippen molar-refractivity contribution in [1.29, 1.82) is 0 Å². The molecule has 2 atom stereocenters. The average molecular weight is 252 g/mol. The Hall–Kier alpha value is -1.75. The normalized spacial score (nSPS) is 26.5.